The van der Waals surface area contributed by atoms with Gasteiger partial charge in [-0.15, -0.1) is 0 Å². The molecule has 1 nitrogen and oxygen atoms in total. The van der Waals surface area contributed by atoms with Crippen molar-refractivity contribution in [2.75, 3.05) is 7.11 Å². The lowest BCUT2D eigenvalue weighted by atomic mass is 9.88. The van der Waals surface area contributed by atoms with Crippen LogP contribution in [-0.4, -0.2) is 7.11 Å². The van der Waals surface area contributed by atoms with Crippen molar-refractivity contribution in [3.05, 3.63) is 36.6 Å². The highest BCUT2D eigenvalue weighted by Gasteiger charge is 2.10. The predicted octanol–water partition coefficient (Wildman–Crippen LogP) is 3.70. The fraction of sp³-hybridized carbons (Fsp3) is 0.500. The first-order valence-electron chi connectivity index (χ1n) is 4.45. The molecule has 0 bridgehead atoms. The Hall–Kier alpha value is -0.980. The summed E-state index contributed by atoms with van der Waals surface area (Å²) in [7, 11) is 1.64. The van der Waals surface area contributed by atoms with Gasteiger partial charge in [-0.2, -0.15) is 0 Å². The molecule has 0 aliphatic heterocycles. The summed E-state index contributed by atoms with van der Waals surface area (Å²) in [5.41, 5.74) is 1.34. The number of ether oxygens (including phenoxy) is 1. The average Bonchev–Trinajstić information content (AvgIpc) is 1.96. The third kappa shape index (κ3) is 6.21. The van der Waals surface area contributed by atoms with Crippen molar-refractivity contribution in [2.24, 2.45) is 5.41 Å². The maximum absolute atomic E-state index is 5.07. The summed E-state index contributed by atoms with van der Waals surface area (Å²) >= 11 is 0. The third-order valence-electron chi connectivity index (χ3n) is 1.54. The Kier molecular flexibility index (Phi) is 4.53. The first-order valence-corrected chi connectivity index (χ1v) is 4.45. The number of rotatable bonds is 4. The molecule has 13 heavy (non-hydrogen) atoms. The van der Waals surface area contributed by atoms with Crippen LogP contribution >= 0.6 is 0 Å². The second-order valence-electron chi connectivity index (χ2n) is 4.35. The predicted molar refractivity (Wildman–Crippen MR) is 58.5 cm³/mol. The van der Waals surface area contributed by atoms with Gasteiger partial charge in [0.2, 0.25) is 0 Å². The molecule has 0 heterocycles. The maximum Gasteiger partial charge on any atom is 0.118 e. The Morgan fingerprint density at radius 2 is 1.92 bits per heavy atom. The van der Waals surface area contributed by atoms with E-state index in [1.165, 1.54) is 0 Å². The molecule has 0 amide bonds. The van der Waals surface area contributed by atoms with Crippen LogP contribution in [-0.2, 0) is 4.74 Å². The van der Waals surface area contributed by atoms with E-state index < -0.39 is 0 Å². The van der Waals surface area contributed by atoms with Crippen molar-refractivity contribution in [3.63, 3.8) is 0 Å². The monoisotopic (exact) mass is 180 g/mol. The topological polar surface area (TPSA) is 9.23 Å². The van der Waals surface area contributed by atoms with Crippen molar-refractivity contribution in [1.82, 2.24) is 0 Å². The van der Waals surface area contributed by atoms with Crippen LogP contribution in [0.4, 0.5) is 0 Å². The SMILES string of the molecule is C=C/C(=C\C(=C)CC(C)(C)C)OC. The minimum Gasteiger partial charge on any atom is -0.497 e. The lowest BCUT2D eigenvalue weighted by molar-refractivity contribution is 0.306. The van der Waals surface area contributed by atoms with Gasteiger partial charge in [0.05, 0.1) is 7.11 Å². The molecule has 0 aromatic heterocycles. The highest BCUT2D eigenvalue weighted by Crippen LogP contribution is 2.24. The largest absolute Gasteiger partial charge is 0.497 e. The molecule has 0 aliphatic rings. The summed E-state index contributed by atoms with van der Waals surface area (Å²) in [6.45, 7) is 14.2. The molecule has 0 aromatic rings. The molecule has 0 aliphatic carbocycles. The summed E-state index contributed by atoms with van der Waals surface area (Å²) in [4.78, 5) is 0. The summed E-state index contributed by atoms with van der Waals surface area (Å²) in [6.07, 6.45) is 4.58. The number of hydrogen-bond donors (Lipinski definition) is 0. The summed E-state index contributed by atoms with van der Waals surface area (Å²) in [5, 5.41) is 0. The van der Waals surface area contributed by atoms with Crippen molar-refractivity contribution in [3.8, 4) is 0 Å². The normalized spacial score (nSPS) is 12.5. The number of allylic oxidation sites excluding steroid dienone is 3. The molecule has 0 unspecified atom stereocenters. The second kappa shape index (κ2) is 4.90. The Morgan fingerprint density at radius 1 is 1.38 bits per heavy atom. The standard InChI is InChI=1S/C12H20O/c1-7-11(13-6)8-10(2)9-12(3,4)5/h7-8H,1-2,9H2,3-6H3/b11-8+. The highest BCUT2D eigenvalue weighted by molar-refractivity contribution is 5.23. The Labute approximate surface area is 81.8 Å². The van der Waals surface area contributed by atoms with Crippen molar-refractivity contribution >= 4 is 0 Å². The van der Waals surface area contributed by atoms with E-state index >= 15 is 0 Å². The van der Waals surface area contributed by atoms with Gasteiger partial charge in [-0.3, -0.25) is 0 Å². The van der Waals surface area contributed by atoms with Crippen LogP contribution in [0.15, 0.2) is 36.6 Å². The Bertz CT molecular complexity index is 216. The summed E-state index contributed by atoms with van der Waals surface area (Å²) in [6, 6.07) is 0. The van der Waals surface area contributed by atoms with Gasteiger partial charge in [-0.25, -0.2) is 0 Å². The van der Waals surface area contributed by atoms with Gasteiger partial charge >= 0.3 is 0 Å². The van der Waals surface area contributed by atoms with Crippen LogP contribution in [0.5, 0.6) is 0 Å². The van der Waals surface area contributed by atoms with Crippen molar-refractivity contribution in [2.45, 2.75) is 27.2 Å². The lowest BCUT2D eigenvalue weighted by Crippen LogP contribution is -2.05. The third-order valence-corrected chi connectivity index (χ3v) is 1.54. The van der Waals surface area contributed by atoms with Crippen LogP contribution in [0.1, 0.15) is 27.2 Å². The molecule has 0 rings (SSSR count). The van der Waals surface area contributed by atoms with E-state index in [1.807, 2.05) is 6.08 Å². The maximum atomic E-state index is 5.07. The van der Waals surface area contributed by atoms with Crippen LogP contribution < -0.4 is 0 Å². The van der Waals surface area contributed by atoms with Gasteiger partial charge < -0.3 is 4.74 Å². The van der Waals surface area contributed by atoms with E-state index in [-0.39, 0.29) is 5.41 Å². The average molecular weight is 180 g/mol. The molecule has 1 heteroatoms. The fourth-order valence-corrected chi connectivity index (χ4v) is 1.13. The molecule has 74 valence electrons. The summed E-state index contributed by atoms with van der Waals surface area (Å²) in [5.74, 6) is 0.772. The molecule has 0 radical (unpaired) electrons. The van der Waals surface area contributed by atoms with Gasteiger partial charge in [-0.1, -0.05) is 39.5 Å². The molecule has 0 atom stereocenters. The van der Waals surface area contributed by atoms with Gasteiger partial charge in [0.25, 0.3) is 0 Å². The summed E-state index contributed by atoms with van der Waals surface area (Å²) < 4.78 is 5.07. The zero-order valence-corrected chi connectivity index (χ0v) is 9.18. The number of hydrogen-bond acceptors (Lipinski definition) is 1. The van der Waals surface area contributed by atoms with E-state index in [0.717, 1.165) is 17.8 Å². The van der Waals surface area contributed by atoms with Crippen LogP contribution in [0.2, 0.25) is 0 Å². The van der Waals surface area contributed by atoms with E-state index in [9.17, 15) is 0 Å². The molecule has 0 aromatic carbocycles. The minimum atomic E-state index is 0.271. The zero-order valence-electron chi connectivity index (χ0n) is 9.18. The second-order valence-corrected chi connectivity index (χ2v) is 4.35. The molecular formula is C12H20O. The molecule has 0 N–H and O–H groups in total. The molecule has 0 spiro atoms. The smallest absolute Gasteiger partial charge is 0.118 e. The number of methoxy groups -OCH3 is 1. The molecule has 0 fully saturated rings. The first kappa shape index (κ1) is 12.0. The van der Waals surface area contributed by atoms with Crippen LogP contribution in [0.3, 0.4) is 0 Å². The quantitative estimate of drug-likeness (QED) is 0.473. The zero-order chi connectivity index (χ0) is 10.5. The van der Waals surface area contributed by atoms with Gasteiger partial charge in [-0.05, 0) is 24.0 Å². The van der Waals surface area contributed by atoms with Gasteiger partial charge in [0.15, 0.2) is 0 Å². The van der Waals surface area contributed by atoms with E-state index in [0.29, 0.717) is 0 Å². The van der Waals surface area contributed by atoms with Crippen molar-refractivity contribution < 1.29 is 4.74 Å². The molecule has 0 saturated heterocycles. The lowest BCUT2D eigenvalue weighted by Gasteiger charge is -2.18. The van der Waals surface area contributed by atoms with Crippen LogP contribution in [0, 0.1) is 5.41 Å². The molecule has 0 saturated carbocycles. The van der Waals surface area contributed by atoms with E-state index in [4.69, 9.17) is 4.74 Å². The first-order chi connectivity index (χ1) is 5.89. The Morgan fingerprint density at radius 3 is 2.23 bits per heavy atom. The van der Waals surface area contributed by atoms with E-state index in [1.54, 1.807) is 13.2 Å². The Balaban J connectivity index is 4.29. The fourth-order valence-electron chi connectivity index (χ4n) is 1.13. The van der Waals surface area contributed by atoms with Crippen molar-refractivity contribution in [1.29, 1.82) is 0 Å². The van der Waals surface area contributed by atoms with Gasteiger partial charge in [0, 0.05) is 0 Å². The van der Waals surface area contributed by atoms with E-state index in [2.05, 4.69) is 33.9 Å². The highest BCUT2D eigenvalue weighted by atomic mass is 16.5. The minimum absolute atomic E-state index is 0.271. The molecular weight excluding hydrogens is 160 g/mol. The van der Waals surface area contributed by atoms with Crippen LogP contribution in [0.25, 0.3) is 0 Å². The van der Waals surface area contributed by atoms with Gasteiger partial charge in [0.1, 0.15) is 5.76 Å².